The zero-order valence-corrected chi connectivity index (χ0v) is 10.5. The van der Waals surface area contributed by atoms with Gasteiger partial charge in [0.15, 0.2) is 0 Å². The van der Waals surface area contributed by atoms with Gasteiger partial charge < -0.3 is 10.5 Å². The summed E-state index contributed by atoms with van der Waals surface area (Å²) in [5, 5.41) is 0. The minimum Gasteiger partial charge on any atom is -0.465 e. The molecule has 0 heterocycles. The molecule has 0 aromatic heterocycles. The highest BCUT2D eigenvalue weighted by Gasteiger charge is 2.12. The molecule has 0 unspecified atom stereocenters. The van der Waals surface area contributed by atoms with Crippen molar-refractivity contribution < 1.29 is 9.53 Å². The number of nitrogen functional groups attached to an aromatic ring is 1. The van der Waals surface area contributed by atoms with Crippen LogP contribution in [0.15, 0.2) is 18.2 Å². The van der Waals surface area contributed by atoms with E-state index in [9.17, 15) is 4.79 Å². The van der Waals surface area contributed by atoms with E-state index in [1.807, 2.05) is 0 Å². The second-order valence-corrected chi connectivity index (χ2v) is 4.54. The molecule has 0 amide bonds. The average Bonchev–Trinajstić information content (AvgIpc) is 2.90. The minimum absolute atomic E-state index is 0.362. The summed E-state index contributed by atoms with van der Waals surface area (Å²) in [4.78, 5) is 11.4. The number of hydrogen-bond acceptors (Lipinski definition) is 3. The molecule has 0 bridgehead atoms. The lowest BCUT2D eigenvalue weighted by atomic mass is 10.1. The van der Waals surface area contributed by atoms with E-state index in [-0.39, 0.29) is 5.97 Å². The lowest BCUT2D eigenvalue weighted by Crippen LogP contribution is -2.02. The van der Waals surface area contributed by atoms with E-state index in [2.05, 4.69) is 16.6 Å². The maximum Gasteiger partial charge on any atom is 0.337 e. The molecule has 3 nitrogen and oxygen atoms in total. The quantitative estimate of drug-likeness (QED) is 0.468. The molecule has 3 heteroatoms. The van der Waals surface area contributed by atoms with Crippen LogP contribution in [0.5, 0.6) is 0 Å². The van der Waals surface area contributed by atoms with Crippen molar-refractivity contribution >= 4 is 11.7 Å². The molecule has 0 aliphatic heterocycles. The van der Waals surface area contributed by atoms with E-state index in [0.717, 1.165) is 0 Å². The molecule has 0 atom stereocenters. The second-order valence-electron chi connectivity index (χ2n) is 4.54. The van der Waals surface area contributed by atoms with Gasteiger partial charge in [-0.1, -0.05) is 24.7 Å². The van der Waals surface area contributed by atoms with Crippen LogP contribution in [0.4, 0.5) is 5.69 Å². The van der Waals surface area contributed by atoms with Crippen molar-refractivity contribution in [2.75, 3.05) is 12.8 Å². The number of esters is 1. The molecule has 0 saturated heterocycles. The summed E-state index contributed by atoms with van der Waals surface area (Å²) in [5.74, 6) is 6.45. The molecule has 1 fully saturated rings. The fourth-order valence-electron chi connectivity index (χ4n) is 2.16. The number of carbonyl (C=O) groups excluding carboxylic acids is 1. The number of hydrogen-bond donors (Lipinski definition) is 1. The second kappa shape index (κ2) is 5.59. The molecule has 1 aromatic rings. The van der Waals surface area contributed by atoms with E-state index in [0.29, 0.717) is 22.7 Å². The first kappa shape index (κ1) is 12.5. The number of rotatable bonds is 1. The van der Waals surface area contributed by atoms with Crippen LogP contribution in [-0.4, -0.2) is 13.1 Å². The Kier molecular flexibility index (Phi) is 3.88. The summed E-state index contributed by atoms with van der Waals surface area (Å²) in [7, 11) is 1.36. The molecule has 0 radical (unpaired) electrons. The molecule has 94 valence electrons. The Bertz CT molecular complexity index is 505. The Morgan fingerprint density at radius 2 is 2.11 bits per heavy atom. The molecule has 1 aromatic carbocycles. The van der Waals surface area contributed by atoms with Crippen LogP contribution in [0, 0.1) is 17.8 Å². The third-order valence-corrected chi connectivity index (χ3v) is 3.24. The normalized spacial score (nSPS) is 14.9. The van der Waals surface area contributed by atoms with E-state index in [1.54, 1.807) is 18.2 Å². The molecule has 1 aliphatic rings. The summed E-state index contributed by atoms with van der Waals surface area (Å²) in [6, 6.07) is 5.05. The van der Waals surface area contributed by atoms with Crippen LogP contribution in [0.25, 0.3) is 0 Å². The summed E-state index contributed by atoms with van der Waals surface area (Å²) >= 11 is 0. The predicted octanol–water partition coefficient (Wildman–Crippen LogP) is 2.60. The van der Waals surface area contributed by atoms with Gasteiger partial charge >= 0.3 is 5.97 Å². The van der Waals surface area contributed by atoms with Crippen molar-refractivity contribution in [2.45, 2.75) is 25.7 Å². The standard InChI is InChI=1S/C15H17NO2/c1-18-15(17)13-8-9-14(16)12(10-13)7-6-11-4-2-3-5-11/h8-11H,2-5,16H2,1H3. The van der Waals surface area contributed by atoms with Crippen LogP contribution >= 0.6 is 0 Å². The summed E-state index contributed by atoms with van der Waals surface area (Å²) in [6.07, 6.45) is 4.86. The first-order valence-corrected chi connectivity index (χ1v) is 6.20. The topological polar surface area (TPSA) is 52.3 Å². The molecular formula is C15H17NO2. The van der Waals surface area contributed by atoms with Gasteiger partial charge in [0.2, 0.25) is 0 Å². The van der Waals surface area contributed by atoms with Crippen LogP contribution in [0.2, 0.25) is 0 Å². The number of benzene rings is 1. The Morgan fingerprint density at radius 1 is 1.39 bits per heavy atom. The first-order chi connectivity index (χ1) is 8.70. The monoisotopic (exact) mass is 243 g/mol. The van der Waals surface area contributed by atoms with Gasteiger partial charge in [0.05, 0.1) is 12.7 Å². The zero-order chi connectivity index (χ0) is 13.0. The van der Waals surface area contributed by atoms with Gasteiger partial charge in [-0.15, -0.1) is 0 Å². The number of nitrogens with two attached hydrogens (primary N) is 1. The van der Waals surface area contributed by atoms with Gasteiger partial charge in [0, 0.05) is 17.2 Å². The Balaban J connectivity index is 2.23. The van der Waals surface area contributed by atoms with Crippen LogP contribution in [0.1, 0.15) is 41.6 Å². The molecule has 1 aliphatic carbocycles. The maximum atomic E-state index is 11.4. The number of carbonyl (C=O) groups is 1. The molecule has 1 saturated carbocycles. The number of methoxy groups -OCH3 is 1. The van der Waals surface area contributed by atoms with Gasteiger partial charge in [-0.25, -0.2) is 4.79 Å². The highest BCUT2D eigenvalue weighted by molar-refractivity contribution is 5.90. The fourth-order valence-corrected chi connectivity index (χ4v) is 2.16. The van der Waals surface area contributed by atoms with Crippen LogP contribution in [-0.2, 0) is 4.74 Å². The highest BCUT2D eigenvalue weighted by Crippen LogP contribution is 2.24. The van der Waals surface area contributed by atoms with Crippen molar-refractivity contribution in [1.29, 1.82) is 0 Å². The van der Waals surface area contributed by atoms with E-state index >= 15 is 0 Å². The van der Waals surface area contributed by atoms with Crippen molar-refractivity contribution in [3.8, 4) is 11.8 Å². The van der Waals surface area contributed by atoms with Crippen molar-refractivity contribution in [2.24, 2.45) is 5.92 Å². The van der Waals surface area contributed by atoms with Gasteiger partial charge in [-0.3, -0.25) is 0 Å². The minimum atomic E-state index is -0.362. The first-order valence-electron chi connectivity index (χ1n) is 6.20. The average molecular weight is 243 g/mol. The van der Waals surface area contributed by atoms with Crippen LogP contribution < -0.4 is 5.73 Å². The smallest absolute Gasteiger partial charge is 0.337 e. The summed E-state index contributed by atoms with van der Waals surface area (Å²) < 4.78 is 4.68. The van der Waals surface area contributed by atoms with Gasteiger partial charge in [-0.2, -0.15) is 0 Å². The Hall–Kier alpha value is -1.95. The SMILES string of the molecule is COC(=O)c1ccc(N)c(C#CC2CCCC2)c1. The van der Waals surface area contributed by atoms with Crippen LogP contribution in [0.3, 0.4) is 0 Å². The fraction of sp³-hybridized carbons (Fsp3) is 0.400. The molecule has 18 heavy (non-hydrogen) atoms. The number of anilines is 1. The summed E-state index contributed by atoms with van der Waals surface area (Å²) in [6.45, 7) is 0. The van der Waals surface area contributed by atoms with Crippen molar-refractivity contribution in [3.05, 3.63) is 29.3 Å². The largest absolute Gasteiger partial charge is 0.465 e. The molecule has 2 N–H and O–H groups in total. The van der Waals surface area contributed by atoms with Gasteiger partial charge in [0.1, 0.15) is 0 Å². The lowest BCUT2D eigenvalue weighted by Gasteiger charge is -2.03. The molecule has 2 rings (SSSR count). The molecule has 0 spiro atoms. The van der Waals surface area contributed by atoms with Crippen molar-refractivity contribution in [1.82, 2.24) is 0 Å². The third-order valence-electron chi connectivity index (χ3n) is 3.24. The van der Waals surface area contributed by atoms with Crippen molar-refractivity contribution in [3.63, 3.8) is 0 Å². The van der Waals surface area contributed by atoms with Gasteiger partial charge in [0.25, 0.3) is 0 Å². The molecular weight excluding hydrogens is 226 g/mol. The Morgan fingerprint density at radius 3 is 2.78 bits per heavy atom. The van der Waals surface area contributed by atoms with E-state index in [4.69, 9.17) is 5.73 Å². The predicted molar refractivity (Wildman–Crippen MR) is 71.0 cm³/mol. The van der Waals surface area contributed by atoms with E-state index in [1.165, 1.54) is 32.8 Å². The zero-order valence-electron chi connectivity index (χ0n) is 10.5. The van der Waals surface area contributed by atoms with Gasteiger partial charge in [-0.05, 0) is 31.0 Å². The van der Waals surface area contributed by atoms with E-state index < -0.39 is 0 Å². The summed E-state index contributed by atoms with van der Waals surface area (Å²) in [5.41, 5.74) is 7.67. The Labute approximate surface area is 107 Å². The maximum absolute atomic E-state index is 11.4. The third kappa shape index (κ3) is 2.84. The lowest BCUT2D eigenvalue weighted by molar-refractivity contribution is 0.0600. The highest BCUT2D eigenvalue weighted by atomic mass is 16.5. The number of ether oxygens (including phenoxy) is 1.